The summed E-state index contributed by atoms with van der Waals surface area (Å²) in [5.74, 6) is 0. The lowest BCUT2D eigenvalue weighted by molar-refractivity contribution is 0.173. The van der Waals surface area contributed by atoms with Crippen molar-refractivity contribution in [2.75, 3.05) is 0 Å². The van der Waals surface area contributed by atoms with Gasteiger partial charge >= 0.3 is 0 Å². The van der Waals surface area contributed by atoms with Crippen LogP contribution in [0, 0.1) is 0 Å². The van der Waals surface area contributed by atoms with Crippen molar-refractivity contribution in [3.05, 3.63) is 60.4 Å². The molecule has 1 N–H and O–H groups in total. The van der Waals surface area contributed by atoms with Crippen LogP contribution in [0.15, 0.2) is 64.8 Å². The fourth-order valence-electron chi connectivity index (χ4n) is 2.17. The topological polar surface area (TPSA) is 46.0 Å². The normalized spacial score (nSPS) is 12.5. The summed E-state index contributed by atoms with van der Waals surface area (Å²) in [7, 11) is 0. The summed E-state index contributed by atoms with van der Waals surface area (Å²) < 4.78 is 0. The first-order valence-corrected chi connectivity index (χ1v) is 7.75. The molecule has 0 saturated heterocycles. The van der Waals surface area contributed by atoms with Crippen LogP contribution >= 0.6 is 11.8 Å². The molecular weight excluding hydrogens is 280 g/mol. The molecule has 1 aromatic heterocycles. The molecular formula is C17H16N2OS. The molecule has 0 saturated carbocycles. The molecule has 1 atom stereocenters. The highest BCUT2D eigenvalue weighted by Gasteiger charge is 2.07. The molecule has 3 aromatic rings. The van der Waals surface area contributed by atoms with E-state index in [4.69, 9.17) is 0 Å². The van der Waals surface area contributed by atoms with Gasteiger partial charge in [0.05, 0.1) is 11.6 Å². The predicted molar refractivity (Wildman–Crippen MR) is 85.4 cm³/mol. The van der Waals surface area contributed by atoms with Gasteiger partial charge in [-0.15, -0.1) is 0 Å². The second-order valence-electron chi connectivity index (χ2n) is 4.79. The van der Waals surface area contributed by atoms with Crippen LogP contribution in [-0.4, -0.2) is 15.1 Å². The third-order valence-electron chi connectivity index (χ3n) is 3.37. The van der Waals surface area contributed by atoms with Crippen LogP contribution in [0.3, 0.4) is 0 Å². The van der Waals surface area contributed by atoms with Gasteiger partial charge in [-0.25, -0.2) is 9.97 Å². The number of fused-ring (bicyclic) bond motifs is 1. The van der Waals surface area contributed by atoms with Crippen LogP contribution in [0.5, 0.6) is 0 Å². The van der Waals surface area contributed by atoms with Crippen LogP contribution < -0.4 is 0 Å². The van der Waals surface area contributed by atoms with Crippen molar-refractivity contribution >= 4 is 22.7 Å². The van der Waals surface area contributed by atoms with Gasteiger partial charge in [-0.05, 0) is 30.2 Å². The molecule has 106 valence electrons. The van der Waals surface area contributed by atoms with Crippen LogP contribution in [-0.2, 0) is 0 Å². The van der Waals surface area contributed by atoms with Crippen LogP contribution in [0.2, 0.25) is 0 Å². The van der Waals surface area contributed by atoms with Crippen molar-refractivity contribution in [3.63, 3.8) is 0 Å². The van der Waals surface area contributed by atoms with E-state index < -0.39 is 0 Å². The van der Waals surface area contributed by atoms with Gasteiger partial charge in [0, 0.05) is 10.3 Å². The van der Waals surface area contributed by atoms with E-state index in [2.05, 4.69) is 9.97 Å². The standard InChI is InChI=1S/C17H16N2OS/c1-2-16(20)12-7-9-13(10-8-12)21-17-14-5-3-4-6-15(14)18-11-19-17/h3-11,16,20H,2H2,1H3. The summed E-state index contributed by atoms with van der Waals surface area (Å²) in [5.41, 5.74) is 1.91. The molecule has 3 nitrogen and oxygen atoms in total. The number of aromatic nitrogens is 2. The van der Waals surface area contributed by atoms with Crippen molar-refractivity contribution in [1.29, 1.82) is 0 Å². The second kappa shape index (κ2) is 6.24. The Bertz CT molecular complexity index is 738. The van der Waals surface area contributed by atoms with Crippen molar-refractivity contribution < 1.29 is 5.11 Å². The largest absolute Gasteiger partial charge is 0.388 e. The molecule has 2 aromatic carbocycles. The zero-order chi connectivity index (χ0) is 14.7. The summed E-state index contributed by atoms with van der Waals surface area (Å²) in [6, 6.07) is 16.0. The average Bonchev–Trinajstić information content (AvgIpc) is 2.55. The number of hydrogen-bond donors (Lipinski definition) is 1. The Labute approximate surface area is 128 Å². The first-order chi connectivity index (χ1) is 10.3. The Morgan fingerprint density at radius 2 is 1.81 bits per heavy atom. The fourth-order valence-corrected chi connectivity index (χ4v) is 3.04. The smallest absolute Gasteiger partial charge is 0.117 e. The van der Waals surface area contributed by atoms with Gasteiger partial charge in [0.25, 0.3) is 0 Å². The Balaban J connectivity index is 1.88. The first-order valence-electron chi connectivity index (χ1n) is 6.93. The highest BCUT2D eigenvalue weighted by molar-refractivity contribution is 7.99. The molecule has 0 aliphatic heterocycles. The van der Waals surface area contributed by atoms with Crippen molar-refractivity contribution in [2.24, 2.45) is 0 Å². The third kappa shape index (κ3) is 3.06. The number of para-hydroxylation sites is 1. The van der Waals surface area contributed by atoms with Gasteiger partial charge in [-0.3, -0.25) is 0 Å². The van der Waals surface area contributed by atoms with Gasteiger partial charge in [0.15, 0.2) is 0 Å². The molecule has 0 fully saturated rings. The number of hydrogen-bond acceptors (Lipinski definition) is 4. The number of aliphatic hydroxyl groups is 1. The van der Waals surface area contributed by atoms with E-state index in [1.807, 2.05) is 55.5 Å². The van der Waals surface area contributed by atoms with Crippen molar-refractivity contribution in [1.82, 2.24) is 9.97 Å². The summed E-state index contributed by atoms with van der Waals surface area (Å²) in [6.07, 6.45) is 1.94. The highest BCUT2D eigenvalue weighted by Crippen LogP contribution is 2.31. The molecule has 1 heterocycles. The molecule has 0 radical (unpaired) electrons. The van der Waals surface area contributed by atoms with E-state index in [-0.39, 0.29) is 6.10 Å². The van der Waals surface area contributed by atoms with Gasteiger partial charge < -0.3 is 5.11 Å². The molecule has 0 amide bonds. The van der Waals surface area contributed by atoms with Gasteiger partial charge in [0.2, 0.25) is 0 Å². The maximum Gasteiger partial charge on any atom is 0.117 e. The molecule has 4 heteroatoms. The lowest BCUT2D eigenvalue weighted by Gasteiger charge is -2.09. The molecule has 0 aliphatic carbocycles. The predicted octanol–water partition coefficient (Wildman–Crippen LogP) is 4.22. The average molecular weight is 296 g/mol. The quantitative estimate of drug-likeness (QED) is 0.732. The Hall–Kier alpha value is -1.91. The van der Waals surface area contributed by atoms with E-state index in [0.717, 1.165) is 32.8 Å². The van der Waals surface area contributed by atoms with E-state index in [1.54, 1.807) is 18.1 Å². The maximum atomic E-state index is 9.82. The van der Waals surface area contributed by atoms with E-state index in [1.165, 1.54) is 0 Å². The lowest BCUT2D eigenvalue weighted by Crippen LogP contribution is -1.94. The number of rotatable bonds is 4. The minimum atomic E-state index is -0.385. The maximum absolute atomic E-state index is 9.82. The zero-order valence-electron chi connectivity index (χ0n) is 11.7. The van der Waals surface area contributed by atoms with E-state index >= 15 is 0 Å². The molecule has 0 bridgehead atoms. The third-order valence-corrected chi connectivity index (χ3v) is 4.40. The lowest BCUT2D eigenvalue weighted by atomic mass is 10.1. The monoisotopic (exact) mass is 296 g/mol. The summed E-state index contributed by atoms with van der Waals surface area (Å²) in [4.78, 5) is 9.76. The molecule has 1 unspecified atom stereocenters. The Morgan fingerprint density at radius 3 is 2.57 bits per heavy atom. The Kier molecular flexibility index (Phi) is 4.18. The van der Waals surface area contributed by atoms with Gasteiger partial charge in [-0.1, -0.05) is 49.0 Å². The highest BCUT2D eigenvalue weighted by atomic mass is 32.2. The Morgan fingerprint density at radius 1 is 1.05 bits per heavy atom. The second-order valence-corrected chi connectivity index (χ2v) is 5.85. The minimum Gasteiger partial charge on any atom is -0.388 e. The van der Waals surface area contributed by atoms with Crippen LogP contribution in [0.4, 0.5) is 0 Å². The van der Waals surface area contributed by atoms with Crippen LogP contribution in [0.1, 0.15) is 25.0 Å². The number of nitrogens with zero attached hydrogens (tertiary/aromatic N) is 2. The van der Waals surface area contributed by atoms with Crippen molar-refractivity contribution in [3.8, 4) is 0 Å². The van der Waals surface area contributed by atoms with E-state index in [9.17, 15) is 5.11 Å². The molecule has 0 aliphatic rings. The number of benzene rings is 2. The number of aliphatic hydroxyl groups excluding tert-OH is 1. The molecule has 21 heavy (non-hydrogen) atoms. The summed E-state index contributed by atoms with van der Waals surface area (Å²) in [5, 5.41) is 11.8. The fraction of sp³-hybridized carbons (Fsp3) is 0.176. The summed E-state index contributed by atoms with van der Waals surface area (Å²) in [6.45, 7) is 1.97. The summed E-state index contributed by atoms with van der Waals surface area (Å²) >= 11 is 1.61. The van der Waals surface area contributed by atoms with Crippen molar-refractivity contribution in [2.45, 2.75) is 29.4 Å². The van der Waals surface area contributed by atoms with Gasteiger partial charge in [-0.2, -0.15) is 0 Å². The molecule has 3 rings (SSSR count). The first kappa shape index (κ1) is 14.0. The minimum absolute atomic E-state index is 0.385. The van der Waals surface area contributed by atoms with Gasteiger partial charge in [0.1, 0.15) is 11.4 Å². The van der Waals surface area contributed by atoms with E-state index in [0.29, 0.717) is 0 Å². The zero-order valence-corrected chi connectivity index (χ0v) is 12.5. The molecule has 0 spiro atoms. The van der Waals surface area contributed by atoms with Crippen LogP contribution in [0.25, 0.3) is 10.9 Å². The SMILES string of the molecule is CCC(O)c1ccc(Sc2ncnc3ccccc23)cc1.